The fourth-order valence-electron chi connectivity index (χ4n) is 3.86. The predicted octanol–water partition coefficient (Wildman–Crippen LogP) is -3.14. The molecule has 0 saturated carbocycles. The summed E-state index contributed by atoms with van der Waals surface area (Å²) in [5.74, 6) is -4.83. The Morgan fingerprint density at radius 2 is 1.67 bits per heavy atom. The Labute approximate surface area is 206 Å². The van der Waals surface area contributed by atoms with E-state index in [0.717, 1.165) is 4.90 Å². The summed E-state index contributed by atoms with van der Waals surface area (Å²) in [6, 6.07) is -4.67. The number of carbonyl (C=O) groups excluding carboxylic acids is 5. The first kappa shape index (κ1) is 28.2. The number of H-pyrrole nitrogens is 1. The maximum Gasteiger partial charge on any atom is 0.326 e. The Bertz CT molecular complexity index is 967. The average molecular weight is 509 g/mol. The van der Waals surface area contributed by atoms with E-state index in [1.54, 1.807) is 0 Å². The number of carboxylic acids is 1. The van der Waals surface area contributed by atoms with E-state index in [2.05, 4.69) is 20.6 Å². The minimum Gasteiger partial charge on any atom is -0.480 e. The minimum absolute atomic E-state index is 0.0985. The molecule has 15 heteroatoms. The van der Waals surface area contributed by atoms with Crippen molar-refractivity contribution in [2.45, 2.75) is 69.1 Å². The van der Waals surface area contributed by atoms with Crippen molar-refractivity contribution in [1.82, 2.24) is 25.5 Å². The van der Waals surface area contributed by atoms with Gasteiger partial charge in [-0.2, -0.15) is 0 Å². The van der Waals surface area contributed by atoms with E-state index in [0.29, 0.717) is 12.1 Å². The van der Waals surface area contributed by atoms with Crippen LogP contribution >= 0.6 is 0 Å². The third kappa shape index (κ3) is 8.33. The predicted molar refractivity (Wildman–Crippen MR) is 123 cm³/mol. The normalized spacial score (nSPS) is 17.6. The second kappa shape index (κ2) is 13.2. The van der Waals surface area contributed by atoms with Crippen molar-refractivity contribution in [3.63, 3.8) is 0 Å². The molecule has 198 valence electrons. The Balaban J connectivity index is 2.15. The SMILES string of the molecule is NC(=O)CCC(NC(=O)C(N)Cc1cnc[nH]1)C(=O)NC(CCC(N)=O)C(=O)N1CCCC1C(=O)O. The van der Waals surface area contributed by atoms with Gasteiger partial charge in [-0.15, -0.1) is 0 Å². The maximum absolute atomic E-state index is 13.1. The molecule has 1 aromatic rings. The number of nitrogens with one attached hydrogen (secondary N) is 3. The Morgan fingerprint density at radius 1 is 1.06 bits per heavy atom. The first-order valence-electron chi connectivity index (χ1n) is 11.4. The second-order valence-corrected chi connectivity index (χ2v) is 8.55. The number of amides is 5. The molecule has 4 unspecified atom stereocenters. The van der Waals surface area contributed by atoms with E-state index in [1.165, 1.54) is 12.5 Å². The van der Waals surface area contributed by atoms with Crippen LogP contribution in [0.5, 0.6) is 0 Å². The van der Waals surface area contributed by atoms with Crippen molar-refractivity contribution < 1.29 is 33.9 Å². The third-order valence-electron chi connectivity index (χ3n) is 5.76. The minimum atomic E-state index is -1.28. The molecular formula is C21H32N8O7. The Morgan fingerprint density at radius 3 is 2.22 bits per heavy atom. The lowest BCUT2D eigenvalue weighted by Crippen LogP contribution is -2.57. The zero-order valence-electron chi connectivity index (χ0n) is 19.6. The van der Waals surface area contributed by atoms with Gasteiger partial charge in [-0.1, -0.05) is 0 Å². The van der Waals surface area contributed by atoms with Crippen LogP contribution < -0.4 is 27.8 Å². The molecule has 0 spiro atoms. The van der Waals surface area contributed by atoms with Crippen LogP contribution in [0.1, 0.15) is 44.2 Å². The Hall–Kier alpha value is -4.01. The highest BCUT2D eigenvalue weighted by atomic mass is 16.4. The van der Waals surface area contributed by atoms with E-state index in [9.17, 15) is 33.9 Å². The molecule has 0 aliphatic carbocycles. The van der Waals surface area contributed by atoms with Crippen LogP contribution in [0.2, 0.25) is 0 Å². The molecule has 0 aromatic carbocycles. The van der Waals surface area contributed by atoms with Crippen LogP contribution in [0.3, 0.4) is 0 Å². The van der Waals surface area contributed by atoms with Gasteiger partial charge in [0.1, 0.15) is 18.1 Å². The summed E-state index contributed by atoms with van der Waals surface area (Å²) < 4.78 is 0. The summed E-state index contributed by atoms with van der Waals surface area (Å²) in [5, 5.41) is 14.3. The van der Waals surface area contributed by atoms with Gasteiger partial charge in [0.25, 0.3) is 0 Å². The third-order valence-corrected chi connectivity index (χ3v) is 5.76. The van der Waals surface area contributed by atoms with E-state index in [4.69, 9.17) is 17.2 Å². The van der Waals surface area contributed by atoms with Crippen LogP contribution in [0.4, 0.5) is 0 Å². The molecule has 4 atom stereocenters. The zero-order valence-corrected chi connectivity index (χ0v) is 19.6. The largest absolute Gasteiger partial charge is 0.480 e. The van der Waals surface area contributed by atoms with Crippen LogP contribution in [0, 0.1) is 0 Å². The molecule has 5 amide bonds. The van der Waals surface area contributed by atoms with Crippen LogP contribution in [-0.4, -0.2) is 86.2 Å². The summed E-state index contributed by atoms with van der Waals surface area (Å²) in [6.45, 7) is 0.170. The van der Waals surface area contributed by atoms with Crippen molar-refractivity contribution in [3.05, 3.63) is 18.2 Å². The number of nitrogens with zero attached hydrogens (tertiary/aromatic N) is 2. The van der Waals surface area contributed by atoms with Gasteiger partial charge in [-0.3, -0.25) is 24.0 Å². The number of imidazole rings is 1. The van der Waals surface area contributed by atoms with E-state index >= 15 is 0 Å². The molecule has 1 fully saturated rings. The number of hydrogen-bond acceptors (Lipinski definition) is 8. The summed E-state index contributed by atoms with van der Waals surface area (Å²) in [6.07, 6.45) is 2.86. The molecule has 10 N–H and O–H groups in total. The highest BCUT2D eigenvalue weighted by molar-refractivity contribution is 5.94. The number of carbonyl (C=O) groups is 6. The smallest absolute Gasteiger partial charge is 0.326 e. The highest BCUT2D eigenvalue weighted by Gasteiger charge is 2.38. The van der Waals surface area contributed by atoms with Crippen molar-refractivity contribution in [1.29, 1.82) is 0 Å². The van der Waals surface area contributed by atoms with E-state index in [-0.39, 0.29) is 45.1 Å². The number of likely N-dealkylation sites (tertiary alicyclic amines) is 1. The van der Waals surface area contributed by atoms with Gasteiger partial charge < -0.3 is 42.8 Å². The summed E-state index contributed by atoms with van der Waals surface area (Å²) >= 11 is 0. The number of aromatic nitrogens is 2. The molecular weight excluding hydrogens is 476 g/mol. The van der Waals surface area contributed by atoms with Crippen LogP contribution in [0.25, 0.3) is 0 Å². The quantitative estimate of drug-likeness (QED) is 0.134. The number of hydrogen-bond donors (Lipinski definition) is 7. The average Bonchev–Trinajstić information content (AvgIpc) is 3.50. The van der Waals surface area contributed by atoms with Crippen molar-refractivity contribution in [2.75, 3.05) is 6.54 Å². The first-order chi connectivity index (χ1) is 17.0. The number of aliphatic carboxylic acids is 1. The number of nitrogens with two attached hydrogens (primary N) is 3. The number of rotatable bonds is 14. The van der Waals surface area contributed by atoms with E-state index < -0.39 is 59.7 Å². The number of primary amides is 2. The monoisotopic (exact) mass is 508 g/mol. The number of carboxylic acid groups (broad SMARTS) is 1. The maximum atomic E-state index is 13.1. The fourth-order valence-corrected chi connectivity index (χ4v) is 3.86. The second-order valence-electron chi connectivity index (χ2n) is 8.55. The topological polar surface area (TPSA) is 257 Å². The van der Waals surface area contributed by atoms with Crippen molar-refractivity contribution in [2.24, 2.45) is 17.2 Å². The number of aromatic amines is 1. The molecule has 0 bridgehead atoms. The lowest BCUT2D eigenvalue weighted by Gasteiger charge is -2.28. The molecule has 1 aliphatic rings. The van der Waals surface area contributed by atoms with Crippen LogP contribution in [0.15, 0.2) is 12.5 Å². The van der Waals surface area contributed by atoms with Crippen molar-refractivity contribution >= 4 is 35.5 Å². The van der Waals surface area contributed by atoms with Gasteiger partial charge in [0.05, 0.1) is 12.4 Å². The van der Waals surface area contributed by atoms with Crippen LogP contribution in [-0.2, 0) is 35.2 Å². The molecule has 1 aromatic heterocycles. The molecule has 1 saturated heterocycles. The van der Waals surface area contributed by atoms with Gasteiger partial charge in [-0.05, 0) is 25.7 Å². The highest BCUT2D eigenvalue weighted by Crippen LogP contribution is 2.19. The fraction of sp³-hybridized carbons (Fsp3) is 0.571. The van der Waals surface area contributed by atoms with Gasteiger partial charge in [0.15, 0.2) is 0 Å². The molecule has 2 rings (SSSR count). The van der Waals surface area contributed by atoms with E-state index in [1.807, 2.05) is 0 Å². The summed E-state index contributed by atoms with van der Waals surface area (Å²) in [4.78, 5) is 80.7. The lowest BCUT2D eigenvalue weighted by molar-refractivity contribution is -0.149. The van der Waals surface area contributed by atoms with Gasteiger partial charge >= 0.3 is 5.97 Å². The zero-order chi connectivity index (χ0) is 26.8. The summed E-state index contributed by atoms with van der Waals surface area (Å²) in [7, 11) is 0. The molecule has 15 nitrogen and oxygen atoms in total. The standard InChI is InChI=1S/C21H32N8O7/c22-12(8-11-9-25-10-26-11)18(32)27-13(3-5-16(23)30)19(33)28-14(4-6-17(24)31)20(34)29-7-1-2-15(29)21(35)36/h9-10,12-15H,1-8,22H2,(H2,23,30)(H2,24,31)(H,25,26)(H,27,32)(H,28,33)(H,35,36). The van der Waals surface area contributed by atoms with Gasteiger partial charge in [0.2, 0.25) is 29.5 Å². The molecule has 2 heterocycles. The molecule has 36 heavy (non-hydrogen) atoms. The van der Waals surface area contributed by atoms with Gasteiger partial charge in [0, 0.05) is 37.7 Å². The Kier molecular flexibility index (Phi) is 10.3. The van der Waals surface area contributed by atoms with Gasteiger partial charge in [-0.25, -0.2) is 9.78 Å². The van der Waals surface area contributed by atoms with Crippen molar-refractivity contribution in [3.8, 4) is 0 Å². The summed E-state index contributed by atoms with van der Waals surface area (Å²) in [5.41, 5.74) is 16.9. The molecule has 1 aliphatic heterocycles. The molecule has 0 radical (unpaired) electrons. The first-order valence-corrected chi connectivity index (χ1v) is 11.4. The lowest BCUT2D eigenvalue weighted by atomic mass is 10.0.